The van der Waals surface area contributed by atoms with E-state index in [4.69, 9.17) is 11.6 Å². The number of hydrogen-bond acceptors (Lipinski definition) is 3. The molecule has 3 heterocycles. The van der Waals surface area contributed by atoms with Crippen LogP contribution in [0, 0.1) is 0 Å². The number of pyridine rings is 2. The first-order chi connectivity index (χ1) is 13.7. The van der Waals surface area contributed by atoms with E-state index in [0.29, 0.717) is 24.2 Å². The van der Waals surface area contributed by atoms with Gasteiger partial charge in [-0.2, -0.15) is 0 Å². The first-order valence-electron chi connectivity index (χ1n) is 10.0. The Morgan fingerprint density at radius 3 is 2.75 bits per heavy atom. The van der Waals surface area contributed by atoms with E-state index in [1.165, 1.54) is 19.3 Å². The van der Waals surface area contributed by atoms with Gasteiger partial charge in [0, 0.05) is 41.5 Å². The number of aromatic nitrogens is 2. The van der Waals surface area contributed by atoms with Crippen LogP contribution in [0.2, 0.25) is 5.15 Å². The summed E-state index contributed by atoms with van der Waals surface area (Å²) in [6.45, 7) is 0.690. The van der Waals surface area contributed by atoms with Crippen molar-refractivity contribution in [2.24, 2.45) is 0 Å². The summed E-state index contributed by atoms with van der Waals surface area (Å²) in [5.74, 6) is 0.171. The van der Waals surface area contributed by atoms with Crippen LogP contribution < -0.4 is 0 Å². The van der Waals surface area contributed by atoms with Gasteiger partial charge in [0.1, 0.15) is 5.15 Å². The lowest BCUT2D eigenvalue weighted by molar-refractivity contribution is 0.0660. The summed E-state index contributed by atoms with van der Waals surface area (Å²) in [5, 5.41) is 1.61. The van der Waals surface area contributed by atoms with Gasteiger partial charge in [-0.25, -0.2) is 4.98 Å². The molecule has 5 heteroatoms. The second-order valence-corrected chi connectivity index (χ2v) is 8.24. The van der Waals surface area contributed by atoms with E-state index in [1.54, 1.807) is 12.3 Å². The minimum atomic E-state index is 0.171. The van der Waals surface area contributed by atoms with Gasteiger partial charge in [-0.05, 0) is 48.6 Å². The third kappa shape index (κ3) is 3.06. The monoisotopic (exact) mass is 391 g/mol. The predicted octanol–water partition coefficient (Wildman–Crippen LogP) is 5.16. The lowest BCUT2D eigenvalue weighted by Crippen LogP contribution is -2.36. The molecule has 4 nitrogen and oxygen atoms in total. The number of nitrogens with zero attached hydrogens (tertiary/aromatic N) is 3. The molecule has 2 aliphatic rings. The number of hydrogen-bond donors (Lipinski definition) is 0. The number of carbonyl (C=O) groups excluding carboxylic acids is 1. The Labute approximate surface area is 169 Å². The highest BCUT2D eigenvalue weighted by Gasteiger charge is 2.35. The number of carbonyl (C=O) groups is 1. The molecule has 28 heavy (non-hydrogen) atoms. The summed E-state index contributed by atoms with van der Waals surface area (Å²) in [6.07, 6.45) is 10.3. The molecule has 1 aliphatic heterocycles. The third-order valence-corrected chi connectivity index (χ3v) is 6.33. The SMILES string of the molecule is O=C1c2cc(Cc3ccc(Cl)nc3)c3cccnc3c2CN1C1CCCCC1. The van der Waals surface area contributed by atoms with Gasteiger partial charge in [-0.1, -0.05) is 43.0 Å². The molecule has 5 rings (SSSR count). The summed E-state index contributed by atoms with van der Waals surface area (Å²) in [6, 6.07) is 10.3. The predicted molar refractivity (Wildman–Crippen MR) is 111 cm³/mol. The highest BCUT2D eigenvalue weighted by atomic mass is 35.5. The minimum Gasteiger partial charge on any atom is -0.331 e. The largest absolute Gasteiger partial charge is 0.331 e. The number of benzene rings is 1. The number of fused-ring (bicyclic) bond motifs is 3. The van der Waals surface area contributed by atoms with Crippen LogP contribution in [-0.2, 0) is 13.0 Å². The highest BCUT2D eigenvalue weighted by molar-refractivity contribution is 6.29. The fourth-order valence-corrected chi connectivity index (χ4v) is 4.80. The van der Waals surface area contributed by atoms with Gasteiger partial charge in [0.2, 0.25) is 0 Å². The van der Waals surface area contributed by atoms with Crippen molar-refractivity contribution in [3.05, 3.63) is 70.1 Å². The molecule has 0 saturated heterocycles. The number of halogens is 1. The van der Waals surface area contributed by atoms with Crippen LogP contribution in [0.3, 0.4) is 0 Å². The van der Waals surface area contributed by atoms with Crippen molar-refractivity contribution < 1.29 is 4.79 Å². The van der Waals surface area contributed by atoms with Crippen molar-refractivity contribution in [3.63, 3.8) is 0 Å². The maximum absolute atomic E-state index is 13.3. The molecule has 0 atom stereocenters. The van der Waals surface area contributed by atoms with Crippen LogP contribution in [0.15, 0.2) is 42.7 Å². The molecule has 0 bridgehead atoms. The van der Waals surface area contributed by atoms with Gasteiger partial charge < -0.3 is 4.90 Å². The molecule has 1 saturated carbocycles. The summed E-state index contributed by atoms with van der Waals surface area (Å²) in [7, 11) is 0. The van der Waals surface area contributed by atoms with Crippen molar-refractivity contribution >= 4 is 28.4 Å². The Morgan fingerprint density at radius 2 is 1.96 bits per heavy atom. The summed E-state index contributed by atoms with van der Waals surface area (Å²) < 4.78 is 0. The second kappa shape index (κ2) is 7.17. The van der Waals surface area contributed by atoms with Crippen LogP contribution in [0.5, 0.6) is 0 Å². The molecule has 1 aromatic carbocycles. The van der Waals surface area contributed by atoms with Gasteiger partial charge in [0.25, 0.3) is 5.91 Å². The molecule has 142 valence electrons. The van der Waals surface area contributed by atoms with Crippen LogP contribution in [0.4, 0.5) is 0 Å². The maximum Gasteiger partial charge on any atom is 0.254 e. The van der Waals surface area contributed by atoms with E-state index in [0.717, 1.165) is 46.0 Å². The van der Waals surface area contributed by atoms with Gasteiger partial charge in [0.05, 0.1) is 5.52 Å². The van der Waals surface area contributed by atoms with Crippen LogP contribution in [-0.4, -0.2) is 26.8 Å². The van der Waals surface area contributed by atoms with Crippen LogP contribution in [0.1, 0.15) is 59.2 Å². The molecule has 3 aromatic rings. The van der Waals surface area contributed by atoms with Crippen molar-refractivity contribution in [1.29, 1.82) is 0 Å². The minimum absolute atomic E-state index is 0.171. The topological polar surface area (TPSA) is 46.1 Å². The summed E-state index contributed by atoms with van der Waals surface area (Å²) in [5.41, 5.74) is 5.07. The number of rotatable bonds is 3. The third-order valence-electron chi connectivity index (χ3n) is 6.10. The smallest absolute Gasteiger partial charge is 0.254 e. The molecular weight excluding hydrogens is 370 g/mol. The van der Waals surface area contributed by atoms with Crippen molar-refractivity contribution in [1.82, 2.24) is 14.9 Å². The Bertz CT molecular complexity index is 1040. The van der Waals surface area contributed by atoms with Crippen molar-refractivity contribution in [2.75, 3.05) is 0 Å². The number of amides is 1. The lowest BCUT2D eigenvalue weighted by atomic mass is 9.94. The van der Waals surface area contributed by atoms with Gasteiger partial charge in [-0.3, -0.25) is 9.78 Å². The molecule has 0 unspecified atom stereocenters. The van der Waals surface area contributed by atoms with E-state index in [2.05, 4.69) is 27.0 Å². The standard InChI is InChI=1S/C23H22ClN3O/c24-21-9-8-15(13-26-21)11-16-12-19-20(22-18(16)7-4-10-25-22)14-27(23(19)28)17-5-2-1-3-6-17/h4,7-10,12-13,17H,1-3,5-6,11,14H2. The average molecular weight is 392 g/mol. The molecule has 1 aliphatic carbocycles. The Kier molecular flexibility index (Phi) is 4.52. The zero-order chi connectivity index (χ0) is 19.1. The van der Waals surface area contributed by atoms with Crippen LogP contribution in [0.25, 0.3) is 10.9 Å². The molecule has 0 radical (unpaired) electrons. The van der Waals surface area contributed by atoms with Crippen LogP contribution >= 0.6 is 11.6 Å². The molecule has 2 aromatic heterocycles. The van der Waals surface area contributed by atoms with E-state index in [-0.39, 0.29) is 5.91 Å². The summed E-state index contributed by atoms with van der Waals surface area (Å²) >= 11 is 5.92. The van der Waals surface area contributed by atoms with Gasteiger partial charge in [0.15, 0.2) is 0 Å². The molecular formula is C23H22ClN3O. The fourth-order valence-electron chi connectivity index (χ4n) is 4.68. The first-order valence-corrected chi connectivity index (χ1v) is 10.4. The van der Waals surface area contributed by atoms with Crippen molar-refractivity contribution in [2.45, 2.75) is 51.1 Å². The lowest BCUT2D eigenvalue weighted by Gasteiger charge is -2.30. The Hall–Kier alpha value is -2.46. The van der Waals surface area contributed by atoms with Crippen molar-refractivity contribution in [3.8, 4) is 0 Å². The summed E-state index contributed by atoms with van der Waals surface area (Å²) in [4.78, 5) is 24.2. The van der Waals surface area contributed by atoms with E-state index in [1.807, 2.05) is 18.3 Å². The zero-order valence-corrected chi connectivity index (χ0v) is 16.5. The second-order valence-electron chi connectivity index (χ2n) is 7.85. The Balaban J connectivity index is 1.56. The zero-order valence-electron chi connectivity index (χ0n) is 15.7. The van der Waals surface area contributed by atoms with Gasteiger partial charge in [-0.15, -0.1) is 0 Å². The normalized spacial score (nSPS) is 17.3. The quantitative estimate of drug-likeness (QED) is 0.579. The maximum atomic E-state index is 13.3. The van der Waals surface area contributed by atoms with Gasteiger partial charge >= 0.3 is 0 Å². The Morgan fingerprint density at radius 1 is 1.11 bits per heavy atom. The van der Waals surface area contributed by atoms with E-state index < -0.39 is 0 Å². The first kappa shape index (κ1) is 17.6. The molecule has 0 spiro atoms. The molecule has 1 amide bonds. The fraction of sp³-hybridized carbons (Fsp3) is 0.348. The average Bonchev–Trinajstić information content (AvgIpc) is 3.07. The van der Waals surface area contributed by atoms with E-state index in [9.17, 15) is 4.79 Å². The highest BCUT2D eigenvalue weighted by Crippen LogP contribution is 2.36. The van der Waals surface area contributed by atoms with E-state index >= 15 is 0 Å². The molecule has 1 fully saturated rings. The molecule has 0 N–H and O–H groups in total.